The van der Waals surface area contributed by atoms with Crippen molar-refractivity contribution in [1.29, 1.82) is 0 Å². The molecule has 0 aliphatic rings. The Morgan fingerprint density at radius 3 is 2.68 bits per heavy atom. The monoisotopic (exact) mass is 433 g/mol. The summed E-state index contributed by atoms with van der Waals surface area (Å²) in [6.45, 7) is 0. The van der Waals surface area contributed by atoms with Gasteiger partial charge in [0, 0.05) is 23.9 Å². The first-order chi connectivity index (χ1) is 15.0. The smallest absolute Gasteiger partial charge is 0.271 e. The first-order valence-corrected chi connectivity index (χ1v) is 9.82. The second-order valence-corrected chi connectivity index (χ2v) is 7.29. The molecule has 0 amide bonds. The van der Waals surface area contributed by atoms with Crippen molar-refractivity contribution in [3.63, 3.8) is 0 Å². The fourth-order valence-corrected chi connectivity index (χ4v) is 3.48. The van der Waals surface area contributed by atoms with E-state index in [0.717, 1.165) is 4.70 Å². The second kappa shape index (κ2) is 8.67. The molecule has 0 unspecified atom stereocenters. The number of phenolic OH excluding ortho intramolecular Hbond substituents is 1. The SMILES string of the molecule is COc1ccc(N=Nc2cccc(/C=N/c3nc4cc([N+](=O)[O-])ccc4s3)c2O)cc1. The number of nitrogens with zero attached hydrogens (tertiary/aromatic N) is 5. The van der Waals surface area contributed by atoms with Crippen molar-refractivity contribution in [3.05, 3.63) is 76.3 Å². The van der Waals surface area contributed by atoms with Crippen LogP contribution < -0.4 is 4.74 Å². The first kappa shape index (κ1) is 20.1. The molecule has 0 saturated carbocycles. The predicted octanol–water partition coefficient (Wildman–Crippen LogP) is 6.08. The molecule has 0 bridgehead atoms. The third-order valence-corrected chi connectivity index (χ3v) is 5.22. The van der Waals surface area contributed by atoms with Gasteiger partial charge < -0.3 is 9.84 Å². The fraction of sp³-hybridized carbons (Fsp3) is 0.0476. The minimum absolute atomic E-state index is 0.0269. The van der Waals surface area contributed by atoms with Gasteiger partial charge in [-0.05, 0) is 42.5 Å². The predicted molar refractivity (Wildman–Crippen MR) is 119 cm³/mol. The van der Waals surface area contributed by atoms with Gasteiger partial charge in [0.2, 0.25) is 5.13 Å². The zero-order chi connectivity index (χ0) is 21.8. The molecular formula is C21H15N5O4S. The molecule has 9 nitrogen and oxygen atoms in total. The summed E-state index contributed by atoms with van der Waals surface area (Å²) in [5, 5.41) is 30.1. The number of aromatic hydroxyl groups is 1. The molecule has 0 atom stereocenters. The Morgan fingerprint density at radius 2 is 1.94 bits per heavy atom. The molecule has 1 N–H and O–H groups in total. The van der Waals surface area contributed by atoms with E-state index in [9.17, 15) is 15.2 Å². The van der Waals surface area contributed by atoms with Crippen molar-refractivity contribution in [2.45, 2.75) is 0 Å². The normalized spacial score (nSPS) is 11.5. The number of methoxy groups -OCH3 is 1. The summed E-state index contributed by atoms with van der Waals surface area (Å²) >= 11 is 1.29. The molecule has 4 rings (SSSR count). The number of rotatable bonds is 6. The lowest BCUT2D eigenvalue weighted by molar-refractivity contribution is -0.384. The third-order valence-electron chi connectivity index (χ3n) is 4.28. The highest BCUT2D eigenvalue weighted by Gasteiger charge is 2.10. The van der Waals surface area contributed by atoms with Crippen LogP contribution in [0.15, 0.2) is 75.9 Å². The lowest BCUT2D eigenvalue weighted by Gasteiger charge is -2.02. The van der Waals surface area contributed by atoms with Gasteiger partial charge in [0.25, 0.3) is 5.69 Å². The number of ether oxygens (including phenoxy) is 1. The molecular weight excluding hydrogens is 418 g/mol. The Balaban J connectivity index is 1.56. The van der Waals surface area contributed by atoms with Gasteiger partial charge in [-0.15, -0.1) is 5.11 Å². The Labute approximate surface area is 180 Å². The van der Waals surface area contributed by atoms with Crippen molar-refractivity contribution in [2.24, 2.45) is 15.2 Å². The van der Waals surface area contributed by atoms with Gasteiger partial charge in [0.1, 0.15) is 11.4 Å². The molecule has 0 saturated heterocycles. The summed E-state index contributed by atoms with van der Waals surface area (Å²) in [7, 11) is 1.58. The summed E-state index contributed by atoms with van der Waals surface area (Å²) in [6.07, 6.45) is 1.47. The number of nitro groups is 1. The minimum atomic E-state index is -0.467. The molecule has 0 spiro atoms. The maximum Gasteiger partial charge on any atom is 0.271 e. The highest BCUT2D eigenvalue weighted by atomic mass is 32.1. The van der Waals surface area contributed by atoms with E-state index in [1.807, 2.05) is 0 Å². The number of benzene rings is 3. The number of hydrogen-bond donors (Lipinski definition) is 1. The topological polar surface area (TPSA) is 123 Å². The largest absolute Gasteiger partial charge is 0.505 e. The average Bonchev–Trinajstić information content (AvgIpc) is 3.20. The molecule has 0 aliphatic heterocycles. The zero-order valence-electron chi connectivity index (χ0n) is 16.2. The van der Waals surface area contributed by atoms with E-state index in [1.165, 1.54) is 29.7 Å². The number of aliphatic imine (C=N–C) groups is 1. The molecule has 4 aromatic rings. The van der Waals surface area contributed by atoms with Crippen LogP contribution in [0.5, 0.6) is 11.5 Å². The van der Waals surface area contributed by atoms with Crippen molar-refractivity contribution in [3.8, 4) is 11.5 Å². The van der Waals surface area contributed by atoms with Crippen molar-refractivity contribution >= 4 is 50.0 Å². The summed E-state index contributed by atoms with van der Waals surface area (Å²) in [6, 6.07) is 16.6. The number of aromatic nitrogens is 1. The minimum Gasteiger partial charge on any atom is -0.505 e. The lowest BCUT2D eigenvalue weighted by Crippen LogP contribution is -1.86. The van der Waals surface area contributed by atoms with Crippen LogP contribution in [0.2, 0.25) is 0 Å². The second-order valence-electron chi connectivity index (χ2n) is 6.28. The number of phenols is 1. The van der Waals surface area contributed by atoms with E-state index >= 15 is 0 Å². The maximum atomic E-state index is 10.9. The lowest BCUT2D eigenvalue weighted by atomic mass is 10.2. The highest BCUT2D eigenvalue weighted by Crippen LogP contribution is 2.33. The summed E-state index contributed by atoms with van der Waals surface area (Å²) in [5.41, 5.74) is 1.82. The van der Waals surface area contributed by atoms with Crippen molar-refractivity contribution in [1.82, 2.24) is 4.98 Å². The number of fused-ring (bicyclic) bond motifs is 1. The van der Waals surface area contributed by atoms with Gasteiger partial charge in [-0.1, -0.05) is 17.4 Å². The average molecular weight is 433 g/mol. The Hall–Kier alpha value is -4.18. The van der Waals surface area contributed by atoms with Crippen LogP contribution in [0.4, 0.5) is 22.2 Å². The Bertz CT molecular complexity index is 1320. The van der Waals surface area contributed by atoms with Crippen LogP contribution in [0.1, 0.15) is 5.56 Å². The number of nitro benzene ring substituents is 1. The number of para-hydroxylation sites is 1. The molecule has 0 radical (unpaired) electrons. The first-order valence-electron chi connectivity index (χ1n) is 9.00. The van der Waals surface area contributed by atoms with E-state index in [2.05, 4.69) is 20.2 Å². The van der Waals surface area contributed by atoms with E-state index < -0.39 is 4.92 Å². The zero-order valence-corrected chi connectivity index (χ0v) is 17.0. The van der Waals surface area contributed by atoms with E-state index in [4.69, 9.17) is 4.74 Å². The van der Waals surface area contributed by atoms with Crippen LogP contribution in [-0.2, 0) is 0 Å². The number of non-ortho nitro benzene ring substituents is 1. The highest BCUT2D eigenvalue weighted by molar-refractivity contribution is 7.22. The van der Waals surface area contributed by atoms with Crippen LogP contribution in [0, 0.1) is 10.1 Å². The molecule has 3 aromatic carbocycles. The molecule has 154 valence electrons. The van der Waals surface area contributed by atoms with Crippen molar-refractivity contribution < 1.29 is 14.8 Å². The maximum absolute atomic E-state index is 10.9. The standard InChI is InChI=1S/C21H15N5O4S/c1-30-16-8-5-14(6-9-16)24-25-17-4-2-3-13(20(17)27)12-22-21-23-18-11-15(26(28)29)7-10-19(18)31-21/h2-12,27H,1H3/b22-12+,25-24?. The van der Waals surface area contributed by atoms with E-state index in [0.29, 0.717) is 33.3 Å². The molecule has 0 fully saturated rings. The fourth-order valence-electron chi connectivity index (χ4n) is 2.69. The third kappa shape index (κ3) is 4.54. The van der Waals surface area contributed by atoms with Gasteiger partial charge in [0.05, 0.1) is 27.9 Å². The molecule has 10 heteroatoms. The Morgan fingerprint density at radius 1 is 1.13 bits per heavy atom. The van der Waals surface area contributed by atoms with E-state index in [-0.39, 0.29) is 11.4 Å². The quantitative estimate of drug-likeness (QED) is 0.171. The molecule has 0 aliphatic carbocycles. The number of hydrogen-bond acceptors (Lipinski definition) is 9. The summed E-state index contributed by atoms with van der Waals surface area (Å²) < 4.78 is 5.89. The molecule has 1 aromatic heterocycles. The summed E-state index contributed by atoms with van der Waals surface area (Å²) in [4.78, 5) is 19.0. The summed E-state index contributed by atoms with van der Waals surface area (Å²) in [5.74, 6) is 0.643. The van der Waals surface area contributed by atoms with Gasteiger partial charge in [-0.2, -0.15) is 5.11 Å². The van der Waals surface area contributed by atoms with Crippen LogP contribution in [-0.4, -0.2) is 28.3 Å². The van der Waals surface area contributed by atoms with E-state index in [1.54, 1.807) is 55.6 Å². The van der Waals surface area contributed by atoms with Crippen LogP contribution in [0.25, 0.3) is 10.2 Å². The Kier molecular flexibility index (Phi) is 5.63. The van der Waals surface area contributed by atoms with Gasteiger partial charge in [-0.3, -0.25) is 10.1 Å². The number of azo groups is 1. The molecule has 1 heterocycles. The molecule has 31 heavy (non-hydrogen) atoms. The van der Waals surface area contributed by atoms with Gasteiger partial charge in [-0.25, -0.2) is 9.98 Å². The van der Waals surface area contributed by atoms with Crippen molar-refractivity contribution in [2.75, 3.05) is 7.11 Å². The van der Waals surface area contributed by atoms with Gasteiger partial charge in [0.15, 0.2) is 5.75 Å². The van der Waals surface area contributed by atoms with Gasteiger partial charge >= 0.3 is 0 Å². The van der Waals surface area contributed by atoms with Crippen LogP contribution in [0.3, 0.4) is 0 Å². The van der Waals surface area contributed by atoms with Crippen LogP contribution >= 0.6 is 11.3 Å². The number of thiazole rings is 1.